The quantitative estimate of drug-likeness (QED) is 0.720. The summed E-state index contributed by atoms with van der Waals surface area (Å²) in [6, 6.07) is 6.36. The SMILES string of the molecule is CC1CC(C)CN(C2=C(c3cccs3)C(=O)N(c3cc(F)ccc3F)C2=O)C1. The molecule has 7 heteroatoms. The second-order valence-electron chi connectivity index (χ2n) is 7.59. The number of carbonyl (C=O) groups excluding carboxylic acids is 2. The summed E-state index contributed by atoms with van der Waals surface area (Å²) in [4.78, 5) is 29.9. The largest absolute Gasteiger partial charge is 0.366 e. The zero-order chi connectivity index (χ0) is 20.0. The van der Waals surface area contributed by atoms with Crippen molar-refractivity contribution in [3.05, 3.63) is 57.9 Å². The van der Waals surface area contributed by atoms with Gasteiger partial charge in [-0.15, -0.1) is 11.3 Å². The summed E-state index contributed by atoms with van der Waals surface area (Å²) >= 11 is 1.35. The van der Waals surface area contributed by atoms with Crippen LogP contribution in [0, 0.1) is 23.5 Å². The molecule has 3 heterocycles. The Morgan fingerprint density at radius 2 is 1.75 bits per heavy atom. The van der Waals surface area contributed by atoms with Gasteiger partial charge in [-0.2, -0.15) is 0 Å². The van der Waals surface area contributed by atoms with Crippen LogP contribution in [0.1, 0.15) is 25.1 Å². The number of hydrogen-bond donors (Lipinski definition) is 0. The van der Waals surface area contributed by atoms with Crippen LogP contribution >= 0.6 is 11.3 Å². The standard InChI is InChI=1S/C21H20F2N2O2S/c1-12-8-13(2)11-24(10-12)19-18(17-4-3-7-28-17)20(26)25(21(19)27)16-9-14(22)5-6-15(16)23/h3-7,9,12-13H,8,10-11H2,1-2H3. The molecule has 0 radical (unpaired) electrons. The fourth-order valence-electron chi connectivity index (χ4n) is 4.18. The minimum absolute atomic E-state index is 0.268. The lowest BCUT2D eigenvalue weighted by molar-refractivity contribution is -0.121. The number of benzene rings is 1. The van der Waals surface area contributed by atoms with Gasteiger partial charge in [-0.3, -0.25) is 9.59 Å². The van der Waals surface area contributed by atoms with E-state index in [1.54, 1.807) is 12.1 Å². The van der Waals surface area contributed by atoms with E-state index in [1.807, 2.05) is 10.3 Å². The van der Waals surface area contributed by atoms with Crippen molar-refractivity contribution in [2.45, 2.75) is 20.3 Å². The van der Waals surface area contributed by atoms with Gasteiger partial charge < -0.3 is 4.90 Å². The van der Waals surface area contributed by atoms with Gasteiger partial charge in [-0.05, 0) is 41.8 Å². The van der Waals surface area contributed by atoms with Crippen LogP contribution < -0.4 is 4.90 Å². The Morgan fingerprint density at radius 3 is 2.39 bits per heavy atom. The molecule has 146 valence electrons. The van der Waals surface area contributed by atoms with E-state index in [-0.39, 0.29) is 17.0 Å². The van der Waals surface area contributed by atoms with E-state index in [0.717, 1.165) is 29.5 Å². The minimum atomic E-state index is -0.810. The summed E-state index contributed by atoms with van der Waals surface area (Å²) in [5.74, 6) is -2.00. The van der Waals surface area contributed by atoms with Gasteiger partial charge in [0.05, 0.1) is 11.3 Å². The molecule has 1 aromatic heterocycles. The lowest BCUT2D eigenvalue weighted by atomic mass is 9.91. The first-order valence-corrected chi connectivity index (χ1v) is 10.1. The van der Waals surface area contributed by atoms with E-state index in [0.29, 0.717) is 29.8 Å². The number of imide groups is 1. The van der Waals surface area contributed by atoms with Crippen LogP contribution in [0.2, 0.25) is 0 Å². The third kappa shape index (κ3) is 3.13. The van der Waals surface area contributed by atoms with Crippen LogP contribution in [-0.4, -0.2) is 29.8 Å². The summed E-state index contributed by atoms with van der Waals surface area (Å²) in [6.07, 6.45) is 1.04. The zero-order valence-electron chi connectivity index (χ0n) is 15.6. The van der Waals surface area contributed by atoms with E-state index in [2.05, 4.69) is 13.8 Å². The average Bonchev–Trinajstić information content (AvgIpc) is 3.23. The molecule has 2 aliphatic heterocycles. The molecular formula is C21H20F2N2O2S. The number of nitrogens with zero attached hydrogens (tertiary/aromatic N) is 2. The van der Waals surface area contributed by atoms with Gasteiger partial charge >= 0.3 is 0 Å². The summed E-state index contributed by atoms with van der Waals surface area (Å²) in [5.41, 5.74) is 0.205. The van der Waals surface area contributed by atoms with Crippen molar-refractivity contribution in [1.82, 2.24) is 4.90 Å². The molecule has 0 saturated carbocycles. The fraction of sp³-hybridized carbons (Fsp3) is 0.333. The monoisotopic (exact) mass is 402 g/mol. The van der Waals surface area contributed by atoms with Crippen molar-refractivity contribution in [3.63, 3.8) is 0 Å². The lowest BCUT2D eigenvalue weighted by Gasteiger charge is -2.37. The molecule has 0 bridgehead atoms. The Labute approximate surface area is 166 Å². The highest BCUT2D eigenvalue weighted by atomic mass is 32.1. The van der Waals surface area contributed by atoms with Crippen molar-refractivity contribution in [3.8, 4) is 0 Å². The molecule has 1 saturated heterocycles. The Balaban J connectivity index is 1.84. The maximum atomic E-state index is 14.4. The normalized spacial score (nSPS) is 23.1. The Bertz CT molecular complexity index is 961. The van der Waals surface area contributed by atoms with Gasteiger partial charge in [0.1, 0.15) is 17.3 Å². The molecule has 4 nitrogen and oxygen atoms in total. The van der Waals surface area contributed by atoms with Gasteiger partial charge in [0, 0.05) is 24.0 Å². The predicted molar refractivity (Wildman–Crippen MR) is 105 cm³/mol. The van der Waals surface area contributed by atoms with Crippen molar-refractivity contribution in [2.75, 3.05) is 18.0 Å². The first kappa shape index (κ1) is 18.8. The molecule has 28 heavy (non-hydrogen) atoms. The minimum Gasteiger partial charge on any atom is -0.366 e. The molecule has 2 amide bonds. The number of thiophene rings is 1. The lowest BCUT2D eigenvalue weighted by Crippen LogP contribution is -2.42. The number of halogens is 2. The highest BCUT2D eigenvalue weighted by Crippen LogP contribution is 2.39. The highest BCUT2D eigenvalue weighted by Gasteiger charge is 2.44. The number of anilines is 1. The molecule has 1 fully saturated rings. The molecular weight excluding hydrogens is 382 g/mol. The van der Waals surface area contributed by atoms with Gasteiger partial charge in [0.2, 0.25) is 0 Å². The maximum absolute atomic E-state index is 14.4. The van der Waals surface area contributed by atoms with Gasteiger partial charge in [0.15, 0.2) is 0 Å². The van der Waals surface area contributed by atoms with Crippen molar-refractivity contribution < 1.29 is 18.4 Å². The van der Waals surface area contributed by atoms with Crippen LogP contribution in [0.5, 0.6) is 0 Å². The van der Waals surface area contributed by atoms with Crippen LogP contribution in [0.15, 0.2) is 41.4 Å². The molecule has 0 aliphatic carbocycles. The van der Waals surface area contributed by atoms with E-state index < -0.39 is 23.4 Å². The summed E-state index contributed by atoms with van der Waals surface area (Å²) in [6.45, 7) is 5.51. The Kier molecular flexibility index (Phi) is 4.79. The predicted octanol–water partition coefficient (Wildman–Crippen LogP) is 4.29. The van der Waals surface area contributed by atoms with Crippen LogP contribution in [-0.2, 0) is 9.59 Å². The van der Waals surface area contributed by atoms with Crippen molar-refractivity contribution in [2.24, 2.45) is 11.8 Å². The van der Waals surface area contributed by atoms with E-state index in [9.17, 15) is 18.4 Å². The molecule has 0 N–H and O–H groups in total. The van der Waals surface area contributed by atoms with Gasteiger partial charge in [-0.25, -0.2) is 13.7 Å². The summed E-state index contributed by atoms with van der Waals surface area (Å²) in [7, 11) is 0. The smallest absolute Gasteiger partial charge is 0.282 e. The van der Waals surface area contributed by atoms with E-state index in [4.69, 9.17) is 0 Å². The Morgan fingerprint density at radius 1 is 1.04 bits per heavy atom. The van der Waals surface area contributed by atoms with Gasteiger partial charge in [0.25, 0.3) is 11.8 Å². The van der Waals surface area contributed by atoms with Crippen molar-refractivity contribution in [1.29, 1.82) is 0 Å². The first-order chi connectivity index (χ1) is 13.4. The van der Waals surface area contributed by atoms with Crippen molar-refractivity contribution >= 4 is 34.4 Å². The van der Waals surface area contributed by atoms with Crippen LogP contribution in [0.3, 0.4) is 0 Å². The number of carbonyl (C=O) groups is 2. The molecule has 2 unspecified atom stereocenters. The highest BCUT2D eigenvalue weighted by molar-refractivity contribution is 7.11. The van der Waals surface area contributed by atoms with E-state index >= 15 is 0 Å². The number of amides is 2. The molecule has 2 atom stereocenters. The number of piperidine rings is 1. The molecule has 2 aromatic rings. The number of rotatable bonds is 3. The maximum Gasteiger partial charge on any atom is 0.282 e. The molecule has 4 rings (SSSR count). The topological polar surface area (TPSA) is 40.6 Å². The molecule has 0 spiro atoms. The third-order valence-corrected chi connectivity index (χ3v) is 6.05. The second-order valence-corrected chi connectivity index (χ2v) is 8.54. The summed E-state index contributed by atoms with van der Waals surface area (Å²) < 4.78 is 28.1. The number of likely N-dealkylation sites (tertiary alicyclic amines) is 1. The van der Waals surface area contributed by atoms with Gasteiger partial charge in [-0.1, -0.05) is 19.9 Å². The van der Waals surface area contributed by atoms with E-state index in [1.165, 1.54) is 11.3 Å². The zero-order valence-corrected chi connectivity index (χ0v) is 16.4. The summed E-state index contributed by atoms with van der Waals surface area (Å²) in [5, 5.41) is 1.82. The first-order valence-electron chi connectivity index (χ1n) is 9.23. The molecule has 2 aliphatic rings. The van der Waals surface area contributed by atoms with Crippen LogP contribution in [0.25, 0.3) is 5.57 Å². The average molecular weight is 402 g/mol. The molecule has 1 aromatic carbocycles. The number of hydrogen-bond acceptors (Lipinski definition) is 4. The Hall–Kier alpha value is -2.54. The second kappa shape index (κ2) is 7.13. The third-order valence-electron chi connectivity index (χ3n) is 5.16. The fourth-order valence-corrected chi connectivity index (χ4v) is 4.94. The van der Waals surface area contributed by atoms with Crippen LogP contribution in [0.4, 0.5) is 14.5 Å².